The maximum Gasteiger partial charge on any atom is 0.405 e. The van der Waals surface area contributed by atoms with Gasteiger partial charge in [-0.15, -0.1) is 0 Å². The van der Waals surface area contributed by atoms with Crippen molar-refractivity contribution < 1.29 is 13.2 Å². The second-order valence-electron chi connectivity index (χ2n) is 2.84. The molecule has 0 rings (SSSR count). The fourth-order valence-electron chi connectivity index (χ4n) is 1.02. The molecular weight excluding hydrogens is 181 g/mol. The highest BCUT2D eigenvalue weighted by molar-refractivity contribution is 5.78. The molecule has 13 heavy (non-hydrogen) atoms. The van der Waals surface area contributed by atoms with E-state index >= 15 is 0 Å². The number of hydrogen-bond donors (Lipinski definition) is 1. The molecule has 1 N–H and O–H groups in total. The van der Waals surface area contributed by atoms with Crippen LogP contribution in [-0.4, -0.2) is 30.0 Å². The summed E-state index contributed by atoms with van der Waals surface area (Å²) in [6.45, 7) is 2.77. The number of halogens is 3. The van der Waals surface area contributed by atoms with Crippen LogP contribution < -0.4 is 0 Å². The van der Waals surface area contributed by atoms with Crippen molar-refractivity contribution in [2.24, 2.45) is 0 Å². The average Bonchev–Trinajstić information content (AvgIpc) is 2.00. The largest absolute Gasteiger partial charge is 0.405 e. The first-order valence-electron chi connectivity index (χ1n) is 4.29. The molecule has 0 fully saturated rings. The number of amidine groups is 1. The molecular formula is C8H15F3N2. The van der Waals surface area contributed by atoms with Crippen LogP contribution in [0.1, 0.15) is 26.7 Å². The van der Waals surface area contributed by atoms with E-state index in [1.54, 1.807) is 13.8 Å². The molecule has 0 bridgehead atoms. The summed E-state index contributed by atoms with van der Waals surface area (Å²) in [5.41, 5.74) is 0. The Hall–Kier alpha value is -0.740. The minimum Gasteiger partial charge on any atom is -0.351 e. The van der Waals surface area contributed by atoms with Crippen molar-refractivity contribution in [1.82, 2.24) is 4.90 Å². The van der Waals surface area contributed by atoms with Gasteiger partial charge >= 0.3 is 6.18 Å². The summed E-state index contributed by atoms with van der Waals surface area (Å²) in [4.78, 5) is 1.07. The lowest BCUT2D eigenvalue weighted by Gasteiger charge is -2.25. The Morgan fingerprint density at radius 1 is 1.31 bits per heavy atom. The fourth-order valence-corrected chi connectivity index (χ4v) is 1.02. The van der Waals surface area contributed by atoms with Crippen LogP contribution in [0.2, 0.25) is 0 Å². The zero-order valence-electron chi connectivity index (χ0n) is 7.91. The quantitative estimate of drug-likeness (QED) is 0.543. The molecule has 0 atom stereocenters. The van der Waals surface area contributed by atoms with Gasteiger partial charge in [-0.2, -0.15) is 13.2 Å². The third-order valence-corrected chi connectivity index (χ3v) is 1.58. The molecule has 0 aromatic heterocycles. The zero-order valence-corrected chi connectivity index (χ0v) is 7.91. The molecule has 0 aliphatic carbocycles. The van der Waals surface area contributed by atoms with E-state index in [2.05, 4.69) is 0 Å². The third kappa shape index (κ3) is 5.49. The highest BCUT2D eigenvalue weighted by atomic mass is 19.4. The molecule has 0 amide bonds. The van der Waals surface area contributed by atoms with Gasteiger partial charge in [0.1, 0.15) is 6.54 Å². The van der Waals surface area contributed by atoms with Crippen LogP contribution in [0.25, 0.3) is 0 Å². The lowest BCUT2D eigenvalue weighted by molar-refractivity contribution is -0.138. The molecule has 0 unspecified atom stereocenters. The fraction of sp³-hybridized carbons (Fsp3) is 0.875. The van der Waals surface area contributed by atoms with E-state index < -0.39 is 12.7 Å². The van der Waals surface area contributed by atoms with Crippen molar-refractivity contribution in [1.29, 1.82) is 5.41 Å². The lowest BCUT2D eigenvalue weighted by Crippen LogP contribution is -2.38. The van der Waals surface area contributed by atoms with E-state index in [0.717, 1.165) is 4.90 Å². The SMILES string of the molecule is CCCN(CC(F)(F)F)C(=N)CC. The van der Waals surface area contributed by atoms with Crippen molar-refractivity contribution in [3.63, 3.8) is 0 Å². The van der Waals surface area contributed by atoms with E-state index in [9.17, 15) is 13.2 Å². The Kier molecular flexibility index (Phi) is 4.80. The summed E-state index contributed by atoms with van der Waals surface area (Å²) in [5, 5.41) is 7.30. The smallest absolute Gasteiger partial charge is 0.351 e. The summed E-state index contributed by atoms with van der Waals surface area (Å²) in [5.74, 6) is 0.0548. The normalized spacial score (nSPS) is 11.5. The molecule has 0 aromatic carbocycles. The maximum absolute atomic E-state index is 12.0. The molecule has 0 aliphatic heterocycles. The zero-order chi connectivity index (χ0) is 10.5. The highest BCUT2D eigenvalue weighted by Crippen LogP contribution is 2.17. The summed E-state index contributed by atoms with van der Waals surface area (Å²) in [7, 11) is 0. The number of hydrogen-bond acceptors (Lipinski definition) is 1. The van der Waals surface area contributed by atoms with Crippen molar-refractivity contribution in [2.75, 3.05) is 13.1 Å². The summed E-state index contributed by atoms with van der Waals surface area (Å²) < 4.78 is 36.0. The van der Waals surface area contributed by atoms with Crippen LogP contribution in [0.15, 0.2) is 0 Å². The topological polar surface area (TPSA) is 27.1 Å². The second kappa shape index (κ2) is 5.09. The summed E-state index contributed by atoms with van der Waals surface area (Å²) >= 11 is 0. The number of alkyl halides is 3. The predicted octanol–water partition coefficient (Wildman–Crippen LogP) is 2.65. The number of nitrogens with zero attached hydrogens (tertiary/aromatic N) is 1. The number of nitrogens with one attached hydrogen (secondary N) is 1. The number of rotatable bonds is 4. The van der Waals surface area contributed by atoms with E-state index in [-0.39, 0.29) is 5.84 Å². The van der Waals surface area contributed by atoms with Crippen LogP contribution >= 0.6 is 0 Å². The molecule has 0 heterocycles. The van der Waals surface area contributed by atoms with Crippen LogP contribution in [0.3, 0.4) is 0 Å². The van der Waals surface area contributed by atoms with Crippen LogP contribution in [0.5, 0.6) is 0 Å². The van der Waals surface area contributed by atoms with Gasteiger partial charge in [0.25, 0.3) is 0 Å². The van der Waals surface area contributed by atoms with Gasteiger partial charge in [0, 0.05) is 13.0 Å². The average molecular weight is 196 g/mol. The van der Waals surface area contributed by atoms with Gasteiger partial charge in [-0.1, -0.05) is 13.8 Å². The van der Waals surface area contributed by atoms with Gasteiger partial charge in [0.15, 0.2) is 0 Å². The molecule has 0 radical (unpaired) electrons. The third-order valence-electron chi connectivity index (χ3n) is 1.58. The van der Waals surface area contributed by atoms with Gasteiger partial charge in [0.05, 0.1) is 5.84 Å². The molecule has 0 saturated heterocycles. The Labute approximate surface area is 76.2 Å². The van der Waals surface area contributed by atoms with E-state index in [1.165, 1.54) is 0 Å². The van der Waals surface area contributed by atoms with E-state index in [4.69, 9.17) is 5.41 Å². The molecule has 0 saturated carbocycles. The standard InChI is InChI=1S/C8H15F3N2/c1-3-5-13(7(12)4-2)6-8(9,10)11/h12H,3-6H2,1-2H3. The Morgan fingerprint density at radius 3 is 2.15 bits per heavy atom. The predicted molar refractivity (Wildman–Crippen MR) is 45.9 cm³/mol. The minimum atomic E-state index is -4.21. The monoisotopic (exact) mass is 196 g/mol. The van der Waals surface area contributed by atoms with Crippen LogP contribution in [-0.2, 0) is 0 Å². The molecule has 0 aliphatic rings. The minimum absolute atomic E-state index is 0.0548. The lowest BCUT2D eigenvalue weighted by atomic mass is 10.3. The first kappa shape index (κ1) is 12.3. The van der Waals surface area contributed by atoms with Crippen molar-refractivity contribution in [3.05, 3.63) is 0 Å². The highest BCUT2D eigenvalue weighted by Gasteiger charge is 2.30. The second-order valence-corrected chi connectivity index (χ2v) is 2.84. The molecule has 0 spiro atoms. The van der Waals surface area contributed by atoms with E-state index in [0.29, 0.717) is 19.4 Å². The summed E-state index contributed by atoms with van der Waals surface area (Å²) in [6, 6.07) is 0. The van der Waals surface area contributed by atoms with Gasteiger partial charge in [-0.3, -0.25) is 5.41 Å². The Bertz CT molecular complexity index is 165. The first-order chi connectivity index (χ1) is 5.90. The molecule has 0 aromatic rings. The Balaban J connectivity index is 4.17. The molecule has 78 valence electrons. The van der Waals surface area contributed by atoms with Gasteiger partial charge < -0.3 is 4.90 Å². The van der Waals surface area contributed by atoms with Crippen LogP contribution in [0.4, 0.5) is 13.2 Å². The van der Waals surface area contributed by atoms with Gasteiger partial charge in [-0.25, -0.2) is 0 Å². The van der Waals surface area contributed by atoms with E-state index in [1.807, 2.05) is 0 Å². The molecule has 5 heteroatoms. The maximum atomic E-state index is 12.0. The van der Waals surface area contributed by atoms with Crippen molar-refractivity contribution in [2.45, 2.75) is 32.9 Å². The van der Waals surface area contributed by atoms with Gasteiger partial charge in [-0.05, 0) is 6.42 Å². The van der Waals surface area contributed by atoms with Gasteiger partial charge in [0.2, 0.25) is 0 Å². The Morgan fingerprint density at radius 2 is 1.85 bits per heavy atom. The van der Waals surface area contributed by atoms with Crippen LogP contribution in [0, 0.1) is 5.41 Å². The van der Waals surface area contributed by atoms with Crippen molar-refractivity contribution in [3.8, 4) is 0 Å². The summed E-state index contributed by atoms with van der Waals surface area (Å²) in [6.07, 6.45) is -3.24. The first-order valence-corrected chi connectivity index (χ1v) is 4.29. The molecule has 2 nitrogen and oxygen atoms in total. The van der Waals surface area contributed by atoms with Crippen molar-refractivity contribution >= 4 is 5.84 Å².